The van der Waals surface area contributed by atoms with Crippen LogP contribution < -0.4 is 0 Å². The van der Waals surface area contributed by atoms with Gasteiger partial charge in [0.15, 0.2) is 0 Å². The fraction of sp³-hybridized carbons (Fsp3) is 0.667. The van der Waals surface area contributed by atoms with Gasteiger partial charge in [0.2, 0.25) is 0 Å². The Morgan fingerprint density at radius 3 is 2.92 bits per heavy atom. The van der Waals surface area contributed by atoms with Crippen molar-refractivity contribution in [3.8, 4) is 0 Å². The molecule has 0 unspecified atom stereocenters. The number of aryl methyl sites for hydroxylation is 2. The summed E-state index contributed by atoms with van der Waals surface area (Å²) in [6.45, 7) is 5.08. The van der Waals surface area contributed by atoms with Crippen LogP contribution in [-0.2, 0) is 6.54 Å². The summed E-state index contributed by atoms with van der Waals surface area (Å²) < 4.78 is 1.92. The predicted octanol–water partition coefficient (Wildman–Crippen LogP) is 2.99. The molecule has 0 amide bonds. The van der Waals surface area contributed by atoms with E-state index in [4.69, 9.17) is 11.6 Å². The lowest BCUT2D eigenvalue weighted by atomic mass is 10.5. The molecular formula is C9H15ClN2S. The van der Waals surface area contributed by atoms with E-state index in [1.807, 2.05) is 29.6 Å². The van der Waals surface area contributed by atoms with Crippen molar-refractivity contribution in [1.29, 1.82) is 0 Å². The minimum absolute atomic E-state index is 0.767. The molecule has 0 saturated heterocycles. The predicted molar refractivity (Wildman–Crippen MR) is 59.6 cm³/mol. The van der Waals surface area contributed by atoms with Gasteiger partial charge >= 0.3 is 0 Å². The van der Waals surface area contributed by atoms with Crippen LogP contribution in [0.4, 0.5) is 0 Å². The van der Waals surface area contributed by atoms with E-state index < -0.39 is 0 Å². The van der Waals surface area contributed by atoms with Gasteiger partial charge in [-0.2, -0.15) is 16.9 Å². The molecule has 0 aliphatic carbocycles. The Morgan fingerprint density at radius 1 is 1.62 bits per heavy atom. The summed E-state index contributed by atoms with van der Waals surface area (Å²) in [4.78, 5) is 0. The number of nitrogens with zero attached hydrogens (tertiary/aromatic N) is 2. The number of thioether (sulfide) groups is 1. The Labute approximate surface area is 88.7 Å². The molecular weight excluding hydrogens is 204 g/mol. The molecule has 0 aromatic carbocycles. The molecule has 0 aliphatic rings. The second-order valence-corrected chi connectivity index (χ2v) is 4.68. The molecule has 0 saturated carbocycles. The minimum atomic E-state index is 0.767. The van der Waals surface area contributed by atoms with Crippen molar-refractivity contribution >= 4 is 23.4 Å². The molecule has 0 N–H and O–H groups in total. The van der Waals surface area contributed by atoms with Gasteiger partial charge < -0.3 is 0 Å². The zero-order valence-corrected chi connectivity index (χ0v) is 9.66. The van der Waals surface area contributed by atoms with E-state index in [1.165, 1.54) is 11.5 Å². The van der Waals surface area contributed by atoms with E-state index in [2.05, 4.69) is 12.0 Å². The van der Waals surface area contributed by atoms with Gasteiger partial charge in [0.1, 0.15) is 0 Å². The molecule has 1 aromatic heterocycles. The molecule has 4 heteroatoms. The maximum atomic E-state index is 5.88. The van der Waals surface area contributed by atoms with Gasteiger partial charge in [0.05, 0.1) is 10.7 Å². The van der Waals surface area contributed by atoms with E-state index >= 15 is 0 Å². The molecule has 0 bridgehead atoms. The molecule has 0 fully saturated rings. The highest BCUT2D eigenvalue weighted by Crippen LogP contribution is 2.12. The third-order valence-corrected chi connectivity index (χ3v) is 3.12. The molecule has 74 valence electrons. The van der Waals surface area contributed by atoms with Crippen molar-refractivity contribution < 1.29 is 0 Å². The highest BCUT2D eigenvalue weighted by Gasteiger charge is 2.00. The molecule has 0 aliphatic heterocycles. The summed E-state index contributed by atoms with van der Waals surface area (Å²) in [6, 6.07) is 0. The van der Waals surface area contributed by atoms with E-state index in [1.54, 1.807) is 0 Å². The zero-order valence-electron chi connectivity index (χ0n) is 8.09. The highest BCUT2D eigenvalue weighted by molar-refractivity contribution is 7.99. The van der Waals surface area contributed by atoms with E-state index in [9.17, 15) is 0 Å². The highest BCUT2D eigenvalue weighted by atomic mass is 35.5. The lowest BCUT2D eigenvalue weighted by molar-refractivity contribution is 0.602. The summed E-state index contributed by atoms with van der Waals surface area (Å²) in [5, 5.41) is 5.05. The first-order chi connectivity index (χ1) is 6.24. The first kappa shape index (κ1) is 10.9. The second kappa shape index (κ2) is 5.55. The first-order valence-corrected chi connectivity index (χ1v) is 6.04. The average Bonchev–Trinajstić information content (AvgIpc) is 2.41. The summed E-state index contributed by atoms with van der Waals surface area (Å²) in [6.07, 6.45) is 3.06. The van der Waals surface area contributed by atoms with Crippen LogP contribution in [0.1, 0.15) is 19.0 Å². The average molecular weight is 219 g/mol. The zero-order chi connectivity index (χ0) is 9.68. The lowest BCUT2D eigenvalue weighted by Gasteiger charge is -1.99. The molecule has 1 heterocycles. The van der Waals surface area contributed by atoms with Gasteiger partial charge in [-0.15, -0.1) is 0 Å². The number of halogens is 1. The van der Waals surface area contributed by atoms with Crippen molar-refractivity contribution in [2.75, 3.05) is 11.5 Å². The van der Waals surface area contributed by atoms with Gasteiger partial charge in [0, 0.05) is 12.7 Å². The number of rotatable bonds is 5. The van der Waals surface area contributed by atoms with Gasteiger partial charge in [-0.25, -0.2) is 0 Å². The van der Waals surface area contributed by atoms with Crippen LogP contribution in [0.3, 0.4) is 0 Å². The lowest BCUT2D eigenvalue weighted by Crippen LogP contribution is -1.99. The largest absolute Gasteiger partial charge is 0.271 e. The molecule has 13 heavy (non-hydrogen) atoms. The topological polar surface area (TPSA) is 17.8 Å². The summed E-state index contributed by atoms with van der Waals surface area (Å²) in [5.41, 5.74) is 0.921. The summed E-state index contributed by atoms with van der Waals surface area (Å²) in [7, 11) is 0. The monoisotopic (exact) mass is 218 g/mol. The van der Waals surface area contributed by atoms with Crippen LogP contribution in [-0.4, -0.2) is 21.3 Å². The van der Waals surface area contributed by atoms with Gasteiger partial charge in [-0.05, 0) is 24.9 Å². The first-order valence-electron chi connectivity index (χ1n) is 4.51. The van der Waals surface area contributed by atoms with Crippen LogP contribution >= 0.6 is 23.4 Å². The second-order valence-electron chi connectivity index (χ2n) is 2.88. The Balaban J connectivity index is 2.29. The van der Waals surface area contributed by atoms with E-state index in [-0.39, 0.29) is 0 Å². The minimum Gasteiger partial charge on any atom is -0.271 e. The Hall–Kier alpha value is -0.150. The molecule has 0 spiro atoms. The summed E-state index contributed by atoms with van der Waals surface area (Å²) >= 11 is 7.85. The van der Waals surface area contributed by atoms with Crippen molar-refractivity contribution in [3.63, 3.8) is 0 Å². The Bertz CT molecular complexity index is 241. The Morgan fingerprint density at radius 2 is 2.38 bits per heavy atom. The van der Waals surface area contributed by atoms with E-state index in [0.717, 1.165) is 23.7 Å². The van der Waals surface area contributed by atoms with Crippen LogP contribution in [0.15, 0.2) is 6.20 Å². The SMILES string of the molecule is CCSCCCn1cc(Cl)c(C)n1. The maximum Gasteiger partial charge on any atom is 0.0814 e. The van der Waals surface area contributed by atoms with Crippen LogP contribution in [0.25, 0.3) is 0 Å². The number of hydrogen-bond donors (Lipinski definition) is 0. The van der Waals surface area contributed by atoms with Gasteiger partial charge in [-0.3, -0.25) is 4.68 Å². The fourth-order valence-corrected chi connectivity index (χ4v) is 1.85. The van der Waals surface area contributed by atoms with Crippen LogP contribution in [0.2, 0.25) is 5.02 Å². The van der Waals surface area contributed by atoms with Crippen LogP contribution in [0, 0.1) is 6.92 Å². The number of aromatic nitrogens is 2. The quantitative estimate of drug-likeness (QED) is 0.708. The van der Waals surface area contributed by atoms with Crippen LogP contribution in [0.5, 0.6) is 0 Å². The Kier molecular flexibility index (Phi) is 4.67. The molecule has 2 nitrogen and oxygen atoms in total. The molecule has 0 radical (unpaired) electrons. The van der Waals surface area contributed by atoms with Gasteiger partial charge in [-0.1, -0.05) is 18.5 Å². The standard InChI is InChI=1S/C9H15ClN2S/c1-3-13-6-4-5-12-7-9(10)8(2)11-12/h7H,3-6H2,1-2H3. The van der Waals surface area contributed by atoms with Gasteiger partial charge in [0.25, 0.3) is 0 Å². The van der Waals surface area contributed by atoms with Crippen molar-refractivity contribution in [3.05, 3.63) is 16.9 Å². The van der Waals surface area contributed by atoms with Crippen molar-refractivity contribution in [2.45, 2.75) is 26.8 Å². The third kappa shape index (κ3) is 3.61. The van der Waals surface area contributed by atoms with E-state index in [0.29, 0.717) is 0 Å². The fourth-order valence-electron chi connectivity index (χ4n) is 1.08. The smallest absolute Gasteiger partial charge is 0.0814 e. The molecule has 1 rings (SSSR count). The molecule has 0 atom stereocenters. The van der Waals surface area contributed by atoms with Crippen molar-refractivity contribution in [1.82, 2.24) is 9.78 Å². The molecule has 1 aromatic rings. The number of hydrogen-bond acceptors (Lipinski definition) is 2. The maximum absolute atomic E-state index is 5.88. The normalized spacial score (nSPS) is 10.7. The third-order valence-electron chi connectivity index (χ3n) is 1.77. The van der Waals surface area contributed by atoms with Crippen molar-refractivity contribution in [2.24, 2.45) is 0 Å². The summed E-state index contributed by atoms with van der Waals surface area (Å²) in [5.74, 6) is 2.39.